The molecule has 0 aliphatic carbocycles. The second-order valence-electron chi connectivity index (χ2n) is 4.54. The summed E-state index contributed by atoms with van der Waals surface area (Å²) in [6.07, 6.45) is 0.178. The fourth-order valence-electron chi connectivity index (χ4n) is 1.24. The lowest BCUT2D eigenvalue weighted by Crippen LogP contribution is -2.36. The molecule has 0 spiro atoms. The van der Waals surface area contributed by atoms with E-state index < -0.39 is 10.0 Å². The van der Waals surface area contributed by atoms with E-state index >= 15 is 0 Å². The monoisotopic (exact) mass is 290 g/mol. The van der Waals surface area contributed by atoms with Gasteiger partial charge in [0.2, 0.25) is 15.9 Å². The molecule has 1 aromatic rings. The van der Waals surface area contributed by atoms with E-state index in [4.69, 9.17) is 5.14 Å². The van der Waals surface area contributed by atoms with E-state index in [1.54, 1.807) is 6.07 Å². The Labute approximate surface area is 111 Å². The van der Waals surface area contributed by atoms with Crippen LogP contribution < -0.4 is 10.5 Å². The largest absolute Gasteiger partial charge is 0.353 e. The van der Waals surface area contributed by atoms with Crippen LogP contribution in [0.15, 0.2) is 16.3 Å². The molecular formula is C11H18N2O3S2. The van der Waals surface area contributed by atoms with Crippen LogP contribution in [0.3, 0.4) is 0 Å². The quantitative estimate of drug-likeness (QED) is 0.851. The summed E-state index contributed by atoms with van der Waals surface area (Å²) in [5.74, 6) is 0.247. The van der Waals surface area contributed by atoms with E-state index in [2.05, 4.69) is 5.32 Å². The number of primary sulfonamides is 1. The zero-order valence-electron chi connectivity index (χ0n) is 10.6. The lowest BCUT2D eigenvalue weighted by Gasteiger charge is -2.16. The molecule has 0 aliphatic heterocycles. The maximum absolute atomic E-state index is 11.7. The highest BCUT2D eigenvalue weighted by molar-refractivity contribution is 7.91. The van der Waals surface area contributed by atoms with Gasteiger partial charge in [0.05, 0.1) is 6.42 Å². The Hall–Kier alpha value is -0.920. The molecule has 18 heavy (non-hydrogen) atoms. The average Bonchev–Trinajstić information content (AvgIpc) is 2.64. The van der Waals surface area contributed by atoms with Gasteiger partial charge in [-0.05, 0) is 25.0 Å². The average molecular weight is 290 g/mol. The van der Waals surface area contributed by atoms with Gasteiger partial charge in [-0.2, -0.15) is 0 Å². The molecule has 0 saturated carbocycles. The number of nitrogens with one attached hydrogen (secondary N) is 1. The minimum atomic E-state index is -3.67. The summed E-state index contributed by atoms with van der Waals surface area (Å²) in [5, 5.41) is 7.87. The van der Waals surface area contributed by atoms with Crippen LogP contribution in [0.4, 0.5) is 0 Å². The van der Waals surface area contributed by atoms with Crippen molar-refractivity contribution < 1.29 is 13.2 Å². The van der Waals surface area contributed by atoms with Crippen LogP contribution in [0.1, 0.15) is 25.6 Å². The number of hydrogen-bond donors (Lipinski definition) is 2. The van der Waals surface area contributed by atoms with Gasteiger partial charge in [-0.15, -0.1) is 11.3 Å². The van der Waals surface area contributed by atoms with Gasteiger partial charge in [-0.1, -0.05) is 13.8 Å². The topological polar surface area (TPSA) is 89.3 Å². The number of sulfonamides is 1. The van der Waals surface area contributed by atoms with Crippen LogP contribution in [-0.2, 0) is 21.2 Å². The molecule has 0 aliphatic rings. The minimum Gasteiger partial charge on any atom is -0.353 e. The number of nitrogens with two attached hydrogens (primary N) is 1. The normalized spacial score (nSPS) is 13.6. The molecule has 0 aromatic carbocycles. The van der Waals surface area contributed by atoms with Crippen molar-refractivity contribution in [2.75, 3.05) is 0 Å². The number of carbonyl (C=O) groups excluding carboxylic acids is 1. The molecule has 3 N–H and O–H groups in total. The molecule has 0 fully saturated rings. The van der Waals surface area contributed by atoms with E-state index in [1.165, 1.54) is 6.07 Å². The van der Waals surface area contributed by atoms with Crippen molar-refractivity contribution in [3.63, 3.8) is 0 Å². The predicted molar refractivity (Wildman–Crippen MR) is 71.8 cm³/mol. The zero-order chi connectivity index (χ0) is 13.9. The standard InChI is InChI=1S/C11H18N2O3S2/c1-7(2)8(3)13-10(14)6-9-4-5-11(17-9)18(12,15)16/h4-5,7-8H,6H2,1-3H3,(H,13,14)(H2,12,15,16). The third kappa shape index (κ3) is 4.40. The third-order valence-corrected chi connectivity index (χ3v) is 5.16. The number of carbonyl (C=O) groups is 1. The van der Waals surface area contributed by atoms with Crippen molar-refractivity contribution in [1.29, 1.82) is 0 Å². The first-order chi connectivity index (χ1) is 8.20. The summed E-state index contributed by atoms with van der Waals surface area (Å²) in [6, 6.07) is 3.13. The molecule has 5 nitrogen and oxygen atoms in total. The fourth-order valence-corrected chi connectivity index (χ4v) is 3.01. The lowest BCUT2D eigenvalue weighted by molar-refractivity contribution is -0.121. The minimum absolute atomic E-state index is 0.0854. The zero-order valence-corrected chi connectivity index (χ0v) is 12.3. The second-order valence-corrected chi connectivity index (χ2v) is 7.50. The maximum Gasteiger partial charge on any atom is 0.247 e. The van der Waals surface area contributed by atoms with Gasteiger partial charge in [0.15, 0.2) is 0 Å². The molecule has 0 bridgehead atoms. The molecule has 0 saturated heterocycles. The van der Waals surface area contributed by atoms with Gasteiger partial charge in [0, 0.05) is 10.9 Å². The summed E-state index contributed by atoms with van der Waals surface area (Å²) in [6.45, 7) is 5.98. The number of thiophene rings is 1. The highest BCUT2D eigenvalue weighted by atomic mass is 32.2. The Morgan fingerprint density at radius 2 is 2.00 bits per heavy atom. The van der Waals surface area contributed by atoms with Gasteiger partial charge in [0.1, 0.15) is 4.21 Å². The smallest absolute Gasteiger partial charge is 0.247 e. The molecule has 1 unspecified atom stereocenters. The first-order valence-corrected chi connectivity index (χ1v) is 7.97. The molecule has 7 heteroatoms. The summed E-state index contributed by atoms with van der Waals surface area (Å²) < 4.78 is 22.3. The van der Waals surface area contributed by atoms with Crippen molar-refractivity contribution in [3.05, 3.63) is 17.0 Å². The Balaban J connectivity index is 2.63. The van der Waals surface area contributed by atoms with Gasteiger partial charge in [-0.25, -0.2) is 13.6 Å². The number of amides is 1. The third-order valence-electron chi connectivity index (χ3n) is 2.64. The summed E-state index contributed by atoms with van der Waals surface area (Å²) >= 11 is 1.03. The Morgan fingerprint density at radius 1 is 1.39 bits per heavy atom. The van der Waals surface area contributed by atoms with Crippen LogP contribution in [0.5, 0.6) is 0 Å². The van der Waals surface area contributed by atoms with Crippen molar-refractivity contribution in [3.8, 4) is 0 Å². The van der Waals surface area contributed by atoms with E-state index in [1.807, 2.05) is 20.8 Å². The summed E-state index contributed by atoms with van der Waals surface area (Å²) in [4.78, 5) is 12.4. The SMILES string of the molecule is CC(C)C(C)NC(=O)Cc1ccc(S(N)(=O)=O)s1. The van der Waals surface area contributed by atoms with Gasteiger partial charge < -0.3 is 5.32 Å². The number of rotatable bonds is 5. The Bertz CT molecular complexity index is 520. The molecule has 1 atom stereocenters. The second kappa shape index (κ2) is 5.81. The fraction of sp³-hybridized carbons (Fsp3) is 0.545. The van der Waals surface area contributed by atoms with Crippen LogP contribution >= 0.6 is 11.3 Å². The first kappa shape index (κ1) is 15.1. The number of hydrogen-bond acceptors (Lipinski definition) is 4. The van der Waals surface area contributed by atoms with E-state index in [-0.39, 0.29) is 22.6 Å². The van der Waals surface area contributed by atoms with E-state index in [9.17, 15) is 13.2 Å². The van der Waals surface area contributed by atoms with Crippen molar-refractivity contribution in [2.24, 2.45) is 11.1 Å². The van der Waals surface area contributed by atoms with Crippen LogP contribution in [-0.4, -0.2) is 20.4 Å². The highest BCUT2D eigenvalue weighted by Gasteiger charge is 2.15. The molecule has 0 radical (unpaired) electrons. The van der Waals surface area contributed by atoms with Crippen molar-refractivity contribution in [1.82, 2.24) is 5.32 Å². The van der Waals surface area contributed by atoms with Crippen LogP contribution in [0, 0.1) is 5.92 Å². The van der Waals surface area contributed by atoms with Gasteiger partial charge >= 0.3 is 0 Å². The molecule has 1 rings (SSSR count). The first-order valence-electron chi connectivity index (χ1n) is 5.61. The predicted octanol–water partition coefficient (Wildman–Crippen LogP) is 1.10. The van der Waals surface area contributed by atoms with Crippen molar-refractivity contribution >= 4 is 27.3 Å². The van der Waals surface area contributed by atoms with Crippen LogP contribution in [0.2, 0.25) is 0 Å². The highest BCUT2D eigenvalue weighted by Crippen LogP contribution is 2.20. The van der Waals surface area contributed by atoms with Crippen molar-refractivity contribution in [2.45, 2.75) is 37.4 Å². The van der Waals surface area contributed by atoms with Gasteiger partial charge in [0.25, 0.3) is 0 Å². The van der Waals surface area contributed by atoms with Gasteiger partial charge in [-0.3, -0.25) is 4.79 Å². The van der Waals surface area contributed by atoms with Crippen LogP contribution in [0.25, 0.3) is 0 Å². The molecular weight excluding hydrogens is 272 g/mol. The molecule has 1 amide bonds. The Kier molecular flexibility index (Phi) is 4.89. The molecule has 102 valence electrons. The summed E-state index contributed by atoms with van der Waals surface area (Å²) in [7, 11) is -3.67. The Morgan fingerprint density at radius 3 is 2.44 bits per heavy atom. The maximum atomic E-state index is 11.7. The molecule has 1 heterocycles. The van der Waals surface area contributed by atoms with E-state index in [0.29, 0.717) is 10.8 Å². The lowest BCUT2D eigenvalue weighted by atomic mass is 10.1. The van der Waals surface area contributed by atoms with E-state index in [0.717, 1.165) is 11.3 Å². The summed E-state index contributed by atoms with van der Waals surface area (Å²) in [5.41, 5.74) is 0. The molecule has 1 aromatic heterocycles.